The second-order valence-electron chi connectivity index (χ2n) is 7.20. The van der Waals surface area contributed by atoms with Crippen molar-refractivity contribution >= 4 is 29.0 Å². The molecule has 1 amide bonds. The van der Waals surface area contributed by atoms with Gasteiger partial charge in [0.05, 0.1) is 18.8 Å². The molecule has 0 radical (unpaired) electrons. The minimum atomic E-state index is -0.408. The Morgan fingerprint density at radius 2 is 2.12 bits per heavy atom. The molecule has 1 heterocycles. The van der Waals surface area contributed by atoms with Crippen LogP contribution < -0.4 is 9.41 Å². The largest absolute Gasteiger partial charge is 0.496 e. The number of hydrogen-bond acceptors (Lipinski definition) is 4. The van der Waals surface area contributed by atoms with E-state index < -0.39 is 12.0 Å². The van der Waals surface area contributed by atoms with E-state index in [1.165, 1.54) is 18.6 Å². The van der Waals surface area contributed by atoms with Gasteiger partial charge in [-0.1, -0.05) is 11.6 Å². The molecule has 0 aliphatic carbocycles. The number of hydrogen-bond donors (Lipinski definition) is 1. The number of nitrogens with zero attached hydrogens (tertiary/aromatic N) is 2. The van der Waals surface area contributed by atoms with Crippen LogP contribution in [0, 0.1) is 0 Å². The third kappa shape index (κ3) is 5.19. The third-order valence-electron chi connectivity index (χ3n) is 3.82. The van der Waals surface area contributed by atoms with Gasteiger partial charge < -0.3 is 9.84 Å². The Morgan fingerprint density at radius 3 is 2.69 bits per heavy atom. The number of benzene rings is 1. The lowest BCUT2D eigenvalue weighted by atomic mass is 10.1. The molecular formula is C19H25ClN2O3S. The van der Waals surface area contributed by atoms with Crippen molar-refractivity contribution in [2.75, 3.05) is 7.11 Å². The zero-order valence-electron chi connectivity index (χ0n) is 15.7. The predicted octanol–water partition coefficient (Wildman–Crippen LogP) is 4.02. The molecule has 0 saturated heterocycles. The van der Waals surface area contributed by atoms with Gasteiger partial charge in [-0.05, 0) is 70.3 Å². The number of carbonyl (C=O) groups is 1. The van der Waals surface area contributed by atoms with Crippen molar-refractivity contribution in [3.63, 3.8) is 0 Å². The summed E-state index contributed by atoms with van der Waals surface area (Å²) in [7, 11) is 1.51. The van der Waals surface area contributed by atoms with E-state index in [9.17, 15) is 9.90 Å². The van der Waals surface area contributed by atoms with E-state index in [-0.39, 0.29) is 5.54 Å². The number of aryl methyl sites for hydroxylation is 1. The smallest absolute Gasteiger partial charge is 0.282 e. The quantitative estimate of drug-likeness (QED) is 0.830. The fourth-order valence-corrected chi connectivity index (χ4v) is 3.54. The van der Waals surface area contributed by atoms with Crippen LogP contribution in [0.15, 0.2) is 29.4 Å². The van der Waals surface area contributed by atoms with Crippen molar-refractivity contribution in [1.29, 1.82) is 0 Å². The molecule has 142 valence electrons. The van der Waals surface area contributed by atoms with Crippen LogP contribution in [0.2, 0.25) is 5.02 Å². The Bertz CT molecular complexity index is 847. The lowest BCUT2D eigenvalue weighted by molar-refractivity contribution is 0.0996. The minimum Gasteiger partial charge on any atom is -0.496 e. The fraction of sp³-hybridized carbons (Fsp3) is 0.474. The maximum Gasteiger partial charge on any atom is 0.282 e. The average molecular weight is 397 g/mol. The van der Waals surface area contributed by atoms with Gasteiger partial charge in [-0.25, -0.2) is 0 Å². The number of aromatic nitrogens is 1. The molecule has 1 aromatic carbocycles. The molecule has 0 aliphatic heterocycles. The van der Waals surface area contributed by atoms with E-state index in [0.29, 0.717) is 33.8 Å². The number of ether oxygens (including phenoxy) is 1. The van der Waals surface area contributed by atoms with Gasteiger partial charge in [0.25, 0.3) is 5.91 Å². The summed E-state index contributed by atoms with van der Waals surface area (Å²) in [6.45, 7) is 8.03. The number of aliphatic hydroxyl groups excluding tert-OH is 1. The number of amides is 1. The van der Waals surface area contributed by atoms with Gasteiger partial charge in [0, 0.05) is 22.3 Å². The maximum atomic E-state index is 12.7. The molecule has 1 N–H and O–H groups in total. The summed E-state index contributed by atoms with van der Waals surface area (Å²) in [5.74, 6) is 0.0412. The van der Waals surface area contributed by atoms with Crippen LogP contribution in [0.4, 0.5) is 0 Å². The van der Waals surface area contributed by atoms with E-state index in [2.05, 4.69) is 29.7 Å². The van der Waals surface area contributed by atoms with Crippen molar-refractivity contribution in [1.82, 2.24) is 3.96 Å². The van der Waals surface area contributed by atoms with E-state index in [1.54, 1.807) is 25.1 Å². The summed E-state index contributed by atoms with van der Waals surface area (Å²) < 4.78 is 7.97. The van der Waals surface area contributed by atoms with Gasteiger partial charge in [0.2, 0.25) is 0 Å². The highest BCUT2D eigenvalue weighted by molar-refractivity contribution is 7.04. The fourth-order valence-electron chi connectivity index (χ4n) is 2.33. The van der Waals surface area contributed by atoms with Gasteiger partial charge in [-0.3, -0.25) is 8.75 Å². The summed E-state index contributed by atoms with van der Waals surface area (Å²) in [5.41, 5.74) is 1.16. The summed E-state index contributed by atoms with van der Waals surface area (Å²) in [6, 6.07) is 4.89. The van der Waals surface area contributed by atoms with Gasteiger partial charge in [0.1, 0.15) is 10.4 Å². The molecule has 2 rings (SSSR count). The summed E-state index contributed by atoms with van der Waals surface area (Å²) in [4.78, 5) is 17.1. The Morgan fingerprint density at radius 1 is 1.42 bits per heavy atom. The monoisotopic (exact) mass is 396 g/mol. The zero-order valence-corrected chi connectivity index (χ0v) is 17.3. The topological polar surface area (TPSA) is 63.8 Å². The number of methoxy groups -OCH3 is 1. The first-order valence-electron chi connectivity index (χ1n) is 8.45. The Hall–Kier alpha value is -1.63. The minimum absolute atomic E-state index is 0.116. The summed E-state index contributed by atoms with van der Waals surface area (Å²) >= 11 is 7.45. The van der Waals surface area contributed by atoms with E-state index in [4.69, 9.17) is 16.3 Å². The Balaban J connectivity index is 2.49. The van der Waals surface area contributed by atoms with Crippen molar-refractivity contribution in [3.8, 4) is 5.75 Å². The molecule has 0 aliphatic rings. The number of rotatable bonds is 5. The molecule has 1 atom stereocenters. The van der Waals surface area contributed by atoms with Crippen LogP contribution in [0.25, 0.3) is 0 Å². The summed E-state index contributed by atoms with van der Waals surface area (Å²) in [6.07, 6.45) is 2.86. The lowest BCUT2D eigenvalue weighted by Crippen LogP contribution is -2.18. The number of halogens is 1. The van der Waals surface area contributed by atoms with Crippen LogP contribution in [0.1, 0.15) is 50.0 Å². The number of carbonyl (C=O) groups excluding carboxylic acids is 1. The highest BCUT2D eigenvalue weighted by Gasteiger charge is 2.18. The van der Waals surface area contributed by atoms with Crippen LogP contribution >= 0.6 is 23.1 Å². The molecule has 1 aromatic heterocycles. The van der Waals surface area contributed by atoms with E-state index in [1.807, 2.05) is 6.20 Å². The summed E-state index contributed by atoms with van der Waals surface area (Å²) in [5, 5.41) is 10.1. The third-order valence-corrected chi connectivity index (χ3v) is 5.43. The number of aliphatic hydroxyl groups is 1. The molecule has 0 bridgehead atoms. The van der Waals surface area contributed by atoms with Crippen molar-refractivity contribution in [2.24, 2.45) is 4.99 Å². The lowest BCUT2D eigenvalue weighted by Gasteiger charge is -2.19. The van der Waals surface area contributed by atoms with Crippen LogP contribution in [0.3, 0.4) is 0 Å². The first kappa shape index (κ1) is 20.7. The highest BCUT2D eigenvalue weighted by atomic mass is 35.5. The molecular weight excluding hydrogens is 372 g/mol. The average Bonchev–Trinajstić information content (AvgIpc) is 2.96. The Kier molecular flexibility index (Phi) is 6.66. The molecule has 26 heavy (non-hydrogen) atoms. The first-order chi connectivity index (χ1) is 12.1. The van der Waals surface area contributed by atoms with Gasteiger partial charge in [-0.2, -0.15) is 4.99 Å². The van der Waals surface area contributed by atoms with E-state index in [0.717, 1.165) is 5.56 Å². The molecule has 5 nitrogen and oxygen atoms in total. The molecule has 0 saturated carbocycles. The predicted molar refractivity (Wildman–Crippen MR) is 105 cm³/mol. The van der Waals surface area contributed by atoms with Crippen molar-refractivity contribution in [3.05, 3.63) is 45.2 Å². The van der Waals surface area contributed by atoms with Crippen molar-refractivity contribution < 1.29 is 14.6 Å². The Labute approximate surface area is 163 Å². The molecule has 2 aromatic rings. The second-order valence-corrected chi connectivity index (χ2v) is 8.60. The highest BCUT2D eigenvalue weighted by Crippen LogP contribution is 2.24. The second kappa shape index (κ2) is 8.37. The molecule has 1 unspecified atom stereocenters. The van der Waals surface area contributed by atoms with Gasteiger partial charge in [0.15, 0.2) is 0 Å². The zero-order chi connectivity index (χ0) is 19.5. The standard InChI is InChI=1S/C19H25ClN2O3S/c1-12(23)6-7-13-11-22(19(2,3)4)26-18(13)21-17(24)15-10-14(20)8-9-16(15)25-5/h8-12,23H,6-7H2,1-5H3/b21-18-. The van der Waals surface area contributed by atoms with Crippen LogP contribution in [-0.2, 0) is 12.0 Å². The van der Waals surface area contributed by atoms with Crippen molar-refractivity contribution in [2.45, 2.75) is 52.2 Å². The maximum absolute atomic E-state index is 12.7. The first-order valence-corrected chi connectivity index (χ1v) is 9.60. The SMILES string of the molecule is COc1ccc(Cl)cc1C(=O)/N=c1\sn(C(C)(C)C)cc1CCC(C)O. The van der Waals surface area contributed by atoms with Gasteiger partial charge >= 0.3 is 0 Å². The van der Waals surface area contributed by atoms with E-state index >= 15 is 0 Å². The van der Waals surface area contributed by atoms with Crippen LogP contribution in [0.5, 0.6) is 5.75 Å². The van der Waals surface area contributed by atoms with Crippen LogP contribution in [-0.4, -0.2) is 28.2 Å². The normalized spacial score (nSPS) is 13.7. The molecule has 0 fully saturated rings. The molecule has 0 spiro atoms. The molecule has 7 heteroatoms. The van der Waals surface area contributed by atoms with Gasteiger partial charge in [-0.15, -0.1) is 0 Å².